The summed E-state index contributed by atoms with van der Waals surface area (Å²) in [5, 5.41) is 2.93. The van der Waals surface area contributed by atoms with Gasteiger partial charge in [-0.2, -0.15) is 0 Å². The van der Waals surface area contributed by atoms with Crippen molar-refractivity contribution >= 4 is 11.6 Å². The molecule has 0 aromatic heterocycles. The quantitative estimate of drug-likeness (QED) is 0.467. The van der Waals surface area contributed by atoms with Crippen LogP contribution in [0, 0.1) is 24.0 Å². The molecule has 0 fully saturated rings. The van der Waals surface area contributed by atoms with E-state index in [1.165, 1.54) is 0 Å². The van der Waals surface area contributed by atoms with Crippen molar-refractivity contribution in [1.29, 1.82) is 0 Å². The third-order valence-electron chi connectivity index (χ3n) is 2.68. The molecule has 98 valence electrons. The maximum absolute atomic E-state index is 13.8. The van der Waals surface area contributed by atoms with E-state index < -0.39 is 11.6 Å². The van der Waals surface area contributed by atoms with Gasteiger partial charge < -0.3 is 5.32 Å². The Morgan fingerprint density at radius 1 is 1.39 bits per heavy atom. The van der Waals surface area contributed by atoms with Gasteiger partial charge in [0.1, 0.15) is 11.6 Å². The Morgan fingerprint density at radius 3 is 2.72 bits per heavy atom. The van der Waals surface area contributed by atoms with Crippen LogP contribution in [0.4, 0.5) is 8.78 Å². The number of halogens is 3. The van der Waals surface area contributed by atoms with Crippen molar-refractivity contribution in [3.63, 3.8) is 0 Å². The number of hydrogen-bond donors (Lipinski definition) is 1. The zero-order chi connectivity index (χ0) is 13.5. The van der Waals surface area contributed by atoms with Crippen molar-refractivity contribution in [2.75, 3.05) is 6.54 Å². The Morgan fingerprint density at radius 2 is 2.11 bits per heavy atom. The summed E-state index contributed by atoms with van der Waals surface area (Å²) >= 11 is 5.53. The molecule has 1 unspecified atom stereocenters. The molecule has 0 saturated carbocycles. The molecule has 0 saturated heterocycles. The van der Waals surface area contributed by atoms with Crippen LogP contribution in [0.2, 0.25) is 5.02 Å². The molecular formula is C14H16ClF2N. The van der Waals surface area contributed by atoms with E-state index in [1.54, 1.807) is 0 Å². The monoisotopic (exact) mass is 271 g/mol. The summed E-state index contributed by atoms with van der Waals surface area (Å²) in [5.41, 5.74) is 0.302. The van der Waals surface area contributed by atoms with Crippen LogP contribution in [0.1, 0.15) is 37.8 Å². The molecule has 18 heavy (non-hydrogen) atoms. The second-order valence-corrected chi connectivity index (χ2v) is 4.40. The summed E-state index contributed by atoms with van der Waals surface area (Å²) in [6, 6.07) is 1.92. The number of unbranched alkanes of at least 4 members (excludes halogenated alkanes) is 1. The van der Waals surface area contributed by atoms with E-state index in [-0.39, 0.29) is 11.1 Å². The largest absolute Gasteiger partial charge is 0.310 e. The minimum atomic E-state index is -0.604. The lowest BCUT2D eigenvalue weighted by Crippen LogP contribution is -2.22. The predicted octanol–water partition coefficient (Wildman–Crippen LogP) is 4.07. The van der Waals surface area contributed by atoms with Gasteiger partial charge in [-0.25, -0.2) is 8.78 Å². The number of hydrogen-bond acceptors (Lipinski definition) is 1. The van der Waals surface area contributed by atoms with Crippen molar-refractivity contribution in [3.05, 3.63) is 34.4 Å². The summed E-state index contributed by atoms with van der Waals surface area (Å²) in [7, 11) is 0. The molecular weight excluding hydrogens is 256 g/mol. The molecule has 1 atom stereocenters. The fraction of sp³-hybridized carbons (Fsp3) is 0.429. The van der Waals surface area contributed by atoms with Gasteiger partial charge in [-0.3, -0.25) is 0 Å². The second-order valence-electron chi connectivity index (χ2n) is 3.99. The first-order valence-corrected chi connectivity index (χ1v) is 6.29. The maximum Gasteiger partial charge on any atom is 0.142 e. The summed E-state index contributed by atoms with van der Waals surface area (Å²) < 4.78 is 27.2. The normalized spacial score (nSPS) is 12.2. The third kappa shape index (κ3) is 3.97. The third-order valence-corrected chi connectivity index (χ3v) is 2.97. The van der Waals surface area contributed by atoms with Gasteiger partial charge in [0.05, 0.1) is 5.02 Å². The van der Waals surface area contributed by atoms with Gasteiger partial charge in [0.2, 0.25) is 0 Å². The summed E-state index contributed by atoms with van der Waals surface area (Å²) in [5.74, 6) is 1.44. The van der Waals surface area contributed by atoms with Gasteiger partial charge in [-0.15, -0.1) is 12.3 Å². The van der Waals surface area contributed by atoms with Gasteiger partial charge in [0, 0.05) is 18.0 Å². The van der Waals surface area contributed by atoms with E-state index in [0.29, 0.717) is 24.9 Å². The van der Waals surface area contributed by atoms with Gasteiger partial charge in [-0.1, -0.05) is 18.5 Å². The van der Waals surface area contributed by atoms with Crippen LogP contribution in [-0.4, -0.2) is 6.54 Å². The molecule has 1 N–H and O–H groups in total. The average Bonchev–Trinajstić information content (AvgIpc) is 2.33. The average molecular weight is 272 g/mol. The number of nitrogens with one attached hydrogen (secondary N) is 1. The highest BCUT2D eigenvalue weighted by molar-refractivity contribution is 6.30. The van der Waals surface area contributed by atoms with E-state index in [0.717, 1.165) is 18.6 Å². The Bertz CT molecular complexity index is 440. The van der Waals surface area contributed by atoms with Crippen molar-refractivity contribution in [2.24, 2.45) is 0 Å². The van der Waals surface area contributed by atoms with Crippen molar-refractivity contribution in [1.82, 2.24) is 5.32 Å². The zero-order valence-corrected chi connectivity index (χ0v) is 11.0. The minimum Gasteiger partial charge on any atom is -0.310 e. The summed E-state index contributed by atoms with van der Waals surface area (Å²) in [6.07, 6.45) is 7.23. The van der Waals surface area contributed by atoms with E-state index in [9.17, 15) is 8.78 Å². The van der Waals surface area contributed by atoms with E-state index in [1.807, 2.05) is 6.92 Å². The number of benzene rings is 1. The highest BCUT2D eigenvalue weighted by Gasteiger charge is 2.17. The lowest BCUT2D eigenvalue weighted by molar-refractivity contribution is 0.470. The van der Waals surface area contributed by atoms with Crippen LogP contribution in [0.5, 0.6) is 0 Å². The van der Waals surface area contributed by atoms with E-state index in [2.05, 4.69) is 11.2 Å². The molecule has 0 aliphatic heterocycles. The van der Waals surface area contributed by atoms with Crippen LogP contribution in [0.3, 0.4) is 0 Å². The fourth-order valence-electron chi connectivity index (χ4n) is 1.83. The van der Waals surface area contributed by atoms with Crippen LogP contribution >= 0.6 is 11.6 Å². The Balaban J connectivity index is 2.91. The lowest BCUT2D eigenvalue weighted by atomic mass is 10.00. The van der Waals surface area contributed by atoms with Gasteiger partial charge in [-0.05, 0) is 31.5 Å². The van der Waals surface area contributed by atoms with Crippen LogP contribution in [-0.2, 0) is 0 Å². The topological polar surface area (TPSA) is 12.0 Å². The van der Waals surface area contributed by atoms with Gasteiger partial charge >= 0.3 is 0 Å². The number of rotatable bonds is 6. The van der Waals surface area contributed by atoms with Crippen LogP contribution < -0.4 is 5.32 Å². The minimum absolute atomic E-state index is 0.199. The maximum atomic E-state index is 13.8. The smallest absolute Gasteiger partial charge is 0.142 e. The van der Waals surface area contributed by atoms with Gasteiger partial charge in [0.25, 0.3) is 0 Å². The Kier molecular flexibility index (Phi) is 6.11. The number of terminal acetylenes is 1. The Hall–Kier alpha value is -1.11. The zero-order valence-electron chi connectivity index (χ0n) is 10.3. The molecule has 0 amide bonds. The van der Waals surface area contributed by atoms with E-state index >= 15 is 0 Å². The predicted molar refractivity (Wildman–Crippen MR) is 70.5 cm³/mol. The molecule has 4 heteroatoms. The van der Waals surface area contributed by atoms with Crippen molar-refractivity contribution in [2.45, 2.75) is 32.2 Å². The molecule has 1 aromatic rings. The molecule has 1 nitrogen and oxygen atoms in total. The molecule has 0 heterocycles. The highest BCUT2D eigenvalue weighted by Crippen LogP contribution is 2.26. The highest BCUT2D eigenvalue weighted by atomic mass is 35.5. The van der Waals surface area contributed by atoms with Crippen molar-refractivity contribution < 1.29 is 8.78 Å². The second kappa shape index (κ2) is 7.35. The van der Waals surface area contributed by atoms with Crippen LogP contribution in [0.25, 0.3) is 0 Å². The standard InChI is InChI=1S/C14H16ClF2N/c1-3-5-6-7-14(18-4-2)10-8-13(17)11(15)9-12(10)16/h1,8-9,14,18H,4-7H2,2H3. The molecule has 0 radical (unpaired) electrons. The molecule has 1 rings (SSSR count). The molecule has 0 aliphatic carbocycles. The molecule has 0 bridgehead atoms. The van der Waals surface area contributed by atoms with Gasteiger partial charge in [0.15, 0.2) is 0 Å². The van der Waals surface area contributed by atoms with Crippen molar-refractivity contribution in [3.8, 4) is 12.3 Å². The molecule has 1 aromatic carbocycles. The molecule has 0 aliphatic rings. The molecule has 0 spiro atoms. The lowest BCUT2D eigenvalue weighted by Gasteiger charge is -2.19. The Labute approximate surface area is 112 Å². The SMILES string of the molecule is C#CCCCC(NCC)c1cc(F)c(Cl)cc1F. The first-order chi connectivity index (χ1) is 8.60. The summed E-state index contributed by atoms with van der Waals surface area (Å²) in [4.78, 5) is 0. The first kappa shape index (κ1) is 14.9. The van der Waals surface area contributed by atoms with E-state index in [4.69, 9.17) is 18.0 Å². The summed E-state index contributed by atoms with van der Waals surface area (Å²) in [6.45, 7) is 2.59. The fourth-order valence-corrected chi connectivity index (χ4v) is 1.98. The van der Waals surface area contributed by atoms with Crippen LogP contribution in [0.15, 0.2) is 12.1 Å². The first-order valence-electron chi connectivity index (χ1n) is 5.91.